The van der Waals surface area contributed by atoms with Gasteiger partial charge in [0.1, 0.15) is 0 Å². The summed E-state index contributed by atoms with van der Waals surface area (Å²) in [5.74, 6) is 0. The van der Waals surface area contributed by atoms with Crippen LogP contribution in [0.4, 0.5) is 0 Å². The molecule has 0 amide bonds. The van der Waals surface area contributed by atoms with E-state index in [1.54, 1.807) is 21.9 Å². The molecule has 0 heterocycles. The molecule has 2 aromatic rings. The Morgan fingerprint density at radius 1 is 0.542 bits per heavy atom. The van der Waals surface area contributed by atoms with Crippen LogP contribution in [0.25, 0.3) is 22.9 Å². The lowest BCUT2D eigenvalue weighted by Crippen LogP contribution is -2.25. The van der Waals surface area contributed by atoms with Crippen molar-refractivity contribution in [2.75, 3.05) is 0 Å². The topological polar surface area (TPSA) is 0 Å². The van der Waals surface area contributed by atoms with E-state index in [9.17, 15) is 0 Å². The minimum Gasteiger partial charge on any atom is -0.0733 e. The van der Waals surface area contributed by atoms with Gasteiger partial charge in [-0.2, -0.15) is 0 Å². The molecule has 4 aliphatic rings. The molecule has 0 radical (unpaired) electrons. The van der Waals surface area contributed by atoms with E-state index < -0.39 is 0 Å². The van der Waals surface area contributed by atoms with Crippen molar-refractivity contribution >= 4 is 22.9 Å². The Kier molecular flexibility index (Phi) is 2.48. The van der Waals surface area contributed by atoms with Crippen molar-refractivity contribution < 1.29 is 0 Å². The Hall–Kier alpha value is -1.82. The third kappa shape index (κ3) is 1.51. The van der Waals surface area contributed by atoms with Crippen LogP contribution in [0.3, 0.4) is 0 Å². The van der Waals surface area contributed by atoms with Crippen molar-refractivity contribution in [2.45, 2.75) is 62.2 Å². The summed E-state index contributed by atoms with van der Waals surface area (Å²) in [7, 11) is 0. The first-order valence-electron chi connectivity index (χ1n) is 9.81. The van der Waals surface area contributed by atoms with Gasteiger partial charge in [-0.1, -0.05) is 74.3 Å². The van der Waals surface area contributed by atoms with Gasteiger partial charge in [-0.15, -0.1) is 0 Å². The fourth-order valence-corrected chi connectivity index (χ4v) is 6.22. The van der Waals surface area contributed by atoms with Crippen molar-refractivity contribution in [3.8, 4) is 0 Å². The first kappa shape index (κ1) is 13.5. The summed E-state index contributed by atoms with van der Waals surface area (Å²) in [6, 6.07) is 9.72. The molecule has 0 aromatic heterocycles. The predicted octanol–water partition coefficient (Wildman–Crippen LogP) is 6.52. The fraction of sp³-hybridized carbons (Fsp3) is 0.417. The Morgan fingerprint density at radius 2 is 0.958 bits per heavy atom. The first-order valence-corrected chi connectivity index (χ1v) is 9.81. The van der Waals surface area contributed by atoms with Gasteiger partial charge in [0.15, 0.2) is 0 Å². The lowest BCUT2D eigenvalue weighted by atomic mass is 9.67. The van der Waals surface area contributed by atoms with E-state index in [0.29, 0.717) is 10.8 Å². The highest BCUT2D eigenvalue weighted by Crippen LogP contribution is 2.54. The van der Waals surface area contributed by atoms with E-state index in [2.05, 4.69) is 48.6 Å². The van der Waals surface area contributed by atoms with Gasteiger partial charge in [0, 0.05) is 10.8 Å². The summed E-state index contributed by atoms with van der Waals surface area (Å²) in [6.07, 6.45) is 20.8. The standard InChI is InChI=1S/C24H24/c1-2-12-23(11-1)15-9-17-6-8-20-22-18(5-7-19(23)21(17)22)10-16-24(20)13-3-4-14-24/h5-10,15-16H,1-4,11-14H2. The summed E-state index contributed by atoms with van der Waals surface area (Å²) in [4.78, 5) is 0. The van der Waals surface area contributed by atoms with Gasteiger partial charge in [0.25, 0.3) is 0 Å². The van der Waals surface area contributed by atoms with Gasteiger partial charge >= 0.3 is 0 Å². The van der Waals surface area contributed by atoms with Crippen molar-refractivity contribution in [1.29, 1.82) is 0 Å². The quantitative estimate of drug-likeness (QED) is 0.519. The van der Waals surface area contributed by atoms with Gasteiger partial charge in [-0.05, 0) is 58.7 Å². The van der Waals surface area contributed by atoms with Crippen molar-refractivity contribution in [2.24, 2.45) is 0 Å². The summed E-state index contributed by atoms with van der Waals surface area (Å²) < 4.78 is 0. The van der Waals surface area contributed by atoms with Gasteiger partial charge in [0.2, 0.25) is 0 Å². The summed E-state index contributed by atoms with van der Waals surface area (Å²) >= 11 is 0. The van der Waals surface area contributed by atoms with E-state index in [1.807, 2.05) is 0 Å². The highest BCUT2D eigenvalue weighted by Gasteiger charge is 2.40. The minimum atomic E-state index is 0.328. The molecule has 0 aliphatic heterocycles. The Labute approximate surface area is 144 Å². The monoisotopic (exact) mass is 312 g/mol. The van der Waals surface area contributed by atoms with Gasteiger partial charge in [-0.3, -0.25) is 0 Å². The molecule has 0 nitrogen and oxygen atoms in total. The summed E-state index contributed by atoms with van der Waals surface area (Å²) in [5, 5.41) is 3.18. The van der Waals surface area contributed by atoms with Crippen molar-refractivity contribution in [1.82, 2.24) is 0 Å². The number of benzene rings is 2. The average molecular weight is 312 g/mol. The molecule has 0 N–H and O–H groups in total. The van der Waals surface area contributed by atoms with Gasteiger partial charge in [0.05, 0.1) is 0 Å². The lowest BCUT2D eigenvalue weighted by molar-refractivity contribution is 0.557. The smallest absolute Gasteiger partial charge is 0.0141 e. The van der Waals surface area contributed by atoms with E-state index in [1.165, 1.54) is 62.5 Å². The largest absolute Gasteiger partial charge is 0.0733 e. The van der Waals surface area contributed by atoms with Crippen LogP contribution in [0.1, 0.15) is 73.6 Å². The highest BCUT2D eigenvalue weighted by molar-refractivity contribution is 6.04. The average Bonchev–Trinajstić information content (AvgIpc) is 3.27. The number of allylic oxidation sites excluding steroid dienone is 2. The van der Waals surface area contributed by atoms with Crippen LogP contribution < -0.4 is 0 Å². The Bertz CT molecular complexity index is 835. The van der Waals surface area contributed by atoms with Crippen molar-refractivity contribution in [3.05, 3.63) is 58.7 Å². The number of rotatable bonds is 0. The summed E-state index contributed by atoms with van der Waals surface area (Å²) in [6.45, 7) is 0. The normalized spacial score (nSPS) is 24.5. The first-order chi connectivity index (χ1) is 11.8. The molecule has 2 fully saturated rings. The number of fused-ring (bicyclic) bond motifs is 2. The van der Waals surface area contributed by atoms with Crippen LogP contribution >= 0.6 is 0 Å². The molecular weight excluding hydrogens is 288 g/mol. The molecule has 0 saturated heterocycles. The second-order valence-electron chi connectivity index (χ2n) is 8.55. The lowest BCUT2D eigenvalue weighted by Gasteiger charge is -2.36. The second-order valence-corrected chi connectivity index (χ2v) is 8.55. The molecule has 120 valence electrons. The molecular formula is C24H24. The maximum Gasteiger partial charge on any atom is 0.0141 e. The fourth-order valence-electron chi connectivity index (χ4n) is 6.22. The molecule has 0 bridgehead atoms. The number of hydrogen-bond donors (Lipinski definition) is 0. The van der Waals surface area contributed by atoms with E-state index in [0.717, 1.165) is 0 Å². The molecule has 4 aliphatic carbocycles. The van der Waals surface area contributed by atoms with E-state index in [-0.39, 0.29) is 0 Å². The molecule has 2 aromatic carbocycles. The van der Waals surface area contributed by atoms with Gasteiger partial charge < -0.3 is 0 Å². The second kappa shape index (κ2) is 4.42. The third-order valence-electron chi connectivity index (χ3n) is 7.45. The minimum absolute atomic E-state index is 0.328. The van der Waals surface area contributed by atoms with Crippen LogP contribution in [0.5, 0.6) is 0 Å². The van der Waals surface area contributed by atoms with Gasteiger partial charge in [-0.25, -0.2) is 0 Å². The Morgan fingerprint density at radius 3 is 1.38 bits per heavy atom. The molecule has 0 heteroatoms. The van der Waals surface area contributed by atoms with E-state index in [4.69, 9.17) is 0 Å². The SMILES string of the molecule is C1=CC2(CCCC2)c2ccc3c4c(ccc1c24)C1(C=C3)CCCC1. The molecule has 6 rings (SSSR count). The molecule has 0 atom stereocenters. The zero-order chi connectivity index (χ0) is 15.8. The molecule has 0 unspecified atom stereocenters. The molecule has 2 spiro atoms. The predicted molar refractivity (Wildman–Crippen MR) is 102 cm³/mol. The molecule has 2 saturated carbocycles. The molecule has 24 heavy (non-hydrogen) atoms. The van der Waals surface area contributed by atoms with E-state index >= 15 is 0 Å². The van der Waals surface area contributed by atoms with Crippen LogP contribution in [-0.2, 0) is 10.8 Å². The maximum absolute atomic E-state index is 2.53. The van der Waals surface area contributed by atoms with Crippen molar-refractivity contribution in [3.63, 3.8) is 0 Å². The third-order valence-corrected chi connectivity index (χ3v) is 7.45. The number of hydrogen-bond acceptors (Lipinski definition) is 0. The maximum atomic E-state index is 2.53. The highest BCUT2D eigenvalue weighted by atomic mass is 14.4. The Balaban J connectivity index is 1.72. The zero-order valence-corrected chi connectivity index (χ0v) is 14.3. The van der Waals surface area contributed by atoms with Crippen LogP contribution in [0, 0.1) is 0 Å². The van der Waals surface area contributed by atoms with Crippen LogP contribution in [0.2, 0.25) is 0 Å². The van der Waals surface area contributed by atoms with Crippen LogP contribution in [0.15, 0.2) is 36.4 Å². The zero-order valence-electron chi connectivity index (χ0n) is 14.3. The van der Waals surface area contributed by atoms with Crippen LogP contribution in [-0.4, -0.2) is 0 Å². The summed E-state index contributed by atoms with van der Waals surface area (Å²) in [5.41, 5.74) is 6.81.